The van der Waals surface area contributed by atoms with Gasteiger partial charge in [-0.1, -0.05) is 0 Å². The van der Waals surface area contributed by atoms with Crippen LogP contribution in [0.1, 0.15) is 10.4 Å². The van der Waals surface area contributed by atoms with Crippen molar-refractivity contribution in [3.8, 4) is 11.5 Å². The minimum absolute atomic E-state index is 0.0407. The number of nitrogens with zero attached hydrogens (tertiary/aromatic N) is 4. The molecule has 1 aliphatic rings. The van der Waals surface area contributed by atoms with Gasteiger partial charge in [0.25, 0.3) is 11.6 Å². The summed E-state index contributed by atoms with van der Waals surface area (Å²) < 4.78 is 10.5. The summed E-state index contributed by atoms with van der Waals surface area (Å²) in [6, 6.07) is 8.16. The highest BCUT2D eigenvalue weighted by Crippen LogP contribution is 2.28. The van der Waals surface area contributed by atoms with Crippen LogP contribution in [-0.4, -0.2) is 61.1 Å². The highest BCUT2D eigenvalue weighted by Gasteiger charge is 2.24. The number of benzene rings is 1. The molecule has 1 aromatic carbocycles. The van der Waals surface area contributed by atoms with E-state index >= 15 is 0 Å². The second-order valence-corrected chi connectivity index (χ2v) is 5.98. The molecule has 0 aliphatic carbocycles. The predicted molar refractivity (Wildman–Crippen MR) is 98.6 cm³/mol. The van der Waals surface area contributed by atoms with Gasteiger partial charge in [0, 0.05) is 37.8 Å². The van der Waals surface area contributed by atoms with Crippen molar-refractivity contribution in [1.82, 2.24) is 9.88 Å². The van der Waals surface area contributed by atoms with Crippen LogP contribution in [0.5, 0.6) is 11.5 Å². The number of nitro groups is 1. The average molecular weight is 372 g/mol. The van der Waals surface area contributed by atoms with E-state index in [2.05, 4.69) is 4.98 Å². The first-order chi connectivity index (χ1) is 13.0. The molecule has 0 N–H and O–H groups in total. The number of hydrogen-bond acceptors (Lipinski definition) is 7. The number of anilines is 1. The summed E-state index contributed by atoms with van der Waals surface area (Å²) in [5, 5.41) is 10.7. The maximum atomic E-state index is 12.8. The summed E-state index contributed by atoms with van der Waals surface area (Å²) in [4.78, 5) is 30.9. The Morgan fingerprint density at radius 3 is 2.33 bits per heavy atom. The summed E-state index contributed by atoms with van der Waals surface area (Å²) in [5.74, 6) is 1.67. The van der Waals surface area contributed by atoms with Gasteiger partial charge in [0.15, 0.2) is 11.5 Å². The molecule has 0 radical (unpaired) electrons. The molecule has 0 bridgehead atoms. The van der Waals surface area contributed by atoms with Gasteiger partial charge >= 0.3 is 0 Å². The van der Waals surface area contributed by atoms with E-state index in [1.54, 1.807) is 36.3 Å². The van der Waals surface area contributed by atoms with E-state index in [-0.39, 0.29) is 11.6 Å². The first-order valence-corrected chi connectivity index (χ1v) is 8.40. The molecule has 1 amide bonds. The molecule has 2 heterocycles. The Hall–Kier alpha value is -3.36. The maximum absolute atomic E-state index is 12.8. The summed E-state index contributed by atoms with van der Waals surface area (Å²) in [6.45, 7) is 2.27. The van der Waals surface area contributed by atoms with Crippen molar-refractivity contribution in [3.63, 3.8) is 0 Å². The van der Waals surface area contributed by atoms with Crippen LogP contribution >= 0.6 is 0 Å². The van der Waals surface area contributed by atoms with Crippen molar-refractivity contribution in [2.45, 2.75) is 0 Å². The number of carbonyl (C=O) groups is 1. The van der Waals surface area contributed by atoms with Gasteiger partial charge in [0.1, 0.15) is 12.0 Å². The van der Waals surface area contributed by atoms with Crippen molar-refractivity contribution in [3.05, 3.63) is 52.2 Å². The molecule has 0 atom stereocenters. The van der Waals surface area contributed by atoms with Crippen molar-refractivity contribution < 1.29 is 19.2 Å². The third-order valence-electron chi connectivity index (χ3n) is 4.46. The second-order valence-electron chi connectivity index (χ2n) is 5.98. The van der Waals surface area contributed by atoms with E-state index in [1.165, 1.54) is 19.4 Å². The van der Waals surface area contributed by atoms with Crippen LogP contribution in [0.25, 0.3) is 0 Å². The lowest BCUT2D eigenvalue weighted by Gasteiger charge is -2.35. The lowest BCUT2D eigenvalue weighted by Crippen LogP contribution is -2.49. The normalized spacial score (nSPS) is 14.0. The van der Waals surface area contributed by atoms with Crippen LogP contribution in [0.3, 0.4) is 0 Å². The van der Waals surface area contributed by atoms with Crippen molar-refractivity contribution in [2.75, 3.05) is 45.3 Å². The number of methoxy groups -OCH3 is 2. The fourth-order valence-corrected chi connectivity index (χ4v) is 2.96. The summed E-state index contributed by atoms with van der Waals surface area (Å²) in [6.07, 6.45) is 1.25. The molecule has 0 unspecified atom stereocenters. The molecule has 1 aromatic heterocycles. The van der Waals surface area contributed by atoms with Gasteiger partial charge in [0.05, 0.1) is 19.1 Å². The second kappa shape index (κ2) is 7.90. The first-order valence-electron chi connectivity index (χ1n) is 8.40. The molecule has 1 saturated heterocycles. The van der Waals surface area contributed by atoms with Crippen LogP contribution in [0, 0.1) is 10.1 Å². The van der Waals surface area contributed by atoms with E-state index < -0.39 is 4.92 Å². The van der Waals surface area contributed by atoms with Gasteiger partial charge in [-0.3, -0.25) is 14.9 Å². The van der Waals surface area contributed by atoms with Gasteiger partial charge in [-0.25, -0.2) is 4.98 Å². The Balaban J connectivity index is 1.64. The Kier molecular flexibility index (Phi) is 5.39. The monoisotopic (exact) mass is 372 g/mol. The Labute approximate surface area is 156 Å². The molecule has 9 nitrogen and oxygen atoms in total. The summed E-state index contributed by atoms with van der Waals surface area (Å²) in [5.41, 5.74) is 0.496. The molecule has 1 aliphatic heterocycles. The fraction of sp³-hybridized carbons (Fsp3) is 0.333. The number of aromatic nitrogens is 1. The third-order valence-corrected chi connectivity index (χ3v) is 4.46. The van der Waals surface area contributed by atoms with E-state index in [0.717, 1.165) is 0 Å². The number of hydrogen-bond donors (Lipinski definition) is 0. The molecule has 0 saturated carbocycles. The number of pyridine rings is 1. The number of piperazine rings is 1. The lowest BCUT2D eigenvalue weighted by molar-refractivity contribution is -0.385. The first kappa shape index (κ1) is 18.4. The van der Waals surface area contributed by atoms with Crippen LogP contribution in [0.15, 0.2) is 36.5 Å². The molecule has 3 rings (SSSR count). The van der Waals surface area contributed by atoms with Crippen molar-refractivity contribution in [2.24, 2.45) is 0 Å². The van der Waals surface area contributed by atoms with E-state index in [0.29, 0.717) is 49.1 Å². The molecular formula is C18H20N4O5. The topological polar surface area (TPSA) is 98.0 Å². The van der Waals surface area contributed by atoms with E-state index in [1.807, 2.05) is 4.90 Å². The molecule has 27 heavy (non-hydrogen) atoms. The number of amides is 1. The number of ether oxygens (including phenoxy) is 2. The minimum atomic E-state index is -0.476. The lowest BCUT2D eigenvalue weighted by atomic mass is 10.1. The maximum Gasteiger partial charge on any atom is 0.287 e. The SMILES string of the molecule is COc1ccc(C(=O)N2CCN(c3ccc([N+](=O)[O-])cn3)CC2)cc1OC. The van der Waals surface area contributed by atoms with E-state index in [9.17, 15) is 14.9 Å². The van der Waals surface area contributed by atoms with Gasteiger partial charge in [-0.2, -0.15) is 0 Å². The Bertz CT molecular complexity index is 832. The smallest absolute Gasteiger partial charge is 0.287 e. The van der Waals surface area contributed by atoms with Crippen LogP contribution in [-0.2, 0) is 0 Å². The average Bonchev–Trinajstić information content (AvgIpc) is 2.72. The molecule has 0 spiro atoms. The fourth-order valence-electron chi connectivity index (χ4n) is 2.96. The zero-order valence-electron chi connectivity index (χ0n) is 15.1. The standard InChI is InChI=1S/C18H20N4O5/c1-26-15-5-3-13(11-16(15)27-2)18(23)21-9-7-20(8-10-21)17-6-4-14(12-19-17)22(24)25/h3-6,11-12H,7-10H2,1-2H3. The van der Waals surface area contributed by atoms with Gasteiger partial charge in [0.2, 0.25) is 0 Å². The third kappa shape index (κ3) is 3.91. The van der Waals surface area contributed by atoms with Crippen LogP contribution < -0.4 is 14.4 Å². The van der Waals surface area contributed by atoms with Gasteiger partial charge < -0.3 is 19.3 Å². The van der Waals surface area contributed by atoms with E-state index in [4.69, 9.17) is 9.47 Å². The highest BCUT2D eigenvalue weighted by atomic mass is 16.6. The van der Waals surface area contributed by atoms with Crippen LogP contribution in [0.2, 0.25) is 0 Å². The molecule has 142 valence electrons. The molecular weight excluding hydrogens is 352 g/mol. The summed E-state index contributed by atoms with van der Waals surface area (Å²) >= 11 is 0. The Morgan fingerprint density at radius 2 is 1.78 bits per heavy atom. The zero-order chi connectivity index (χ0) is 19.4. The quantitative estimate of drug-likeness (QED) is 0.584. The van der Waals surface area contributed by atoms with Crippen LogP contribution in [0.4, 0.5) is 11.5 Å². The zero-order valence-corrected chi connectivity index (χ0v) is 15.1. The van der Waals surface area contributed by atoms with Crippen molar-refractivity contribution in [1.29, 1.82) is 0 Å². The van der Waals surface area contributed by atoms with Gasteiger partial charge in [-0.05, 0) is 24.3 Å². The number of carbonyl (C=O) groups excluding carboxylic acids is 1. The highest BCUT2D eigenvalue weighted by molar-refractivity contribution is 5.95. The molecule has 9 heteroatoms. The predicted octanol–water partition coefficient (Wildman–Crippen LogP) is 1.97. The largest absolute Gasteiger partial charge is 0.493 e. The molecule has 1 fully saturated rings. The number of rotatable bonds is 5. The molecule has 2 aromatic rings. The van der Waals surface area contributed by atoms with Crippen molar-refractivity contribution >= 4 is 17.4 Å². The Morgan fingerprint density at radius 1 is 1.07 bits per heavy atom. The van der Waals surface area contributed by atoms with Gasteiger partial charge in [-0.15, -0.1) is 0 Å². The summed E-state index contributed by atoms with van der Waals surface area (Å²) in [7, 11) is 3.08. The minimum Gasteiger partial charge on any atom is -0.493 e.